The zero-order valence-corrected chi connectivity index (χ0v) is 9.42. The third-order valence-corrected chi connectivity index (χ3v) is 2.76. The van der Waals surface area contributed by atoms with Gasteiger partial charge in [-0.1, -0.05) is 6.07 Å². The molecule has 0 atom stereocenters. The van der Waals surface area contributed by atoms with Crippen molar-refractivity contribution in [3.05, 3.63) is 23.9 Å². The predicted octanol–water partition coefficient (Wildman–Crippen LogP) is 1.20. The highest BCUT2D eigenvalue weighted by Crippen LogP contribution is 2.16. The molecule has 5 heteroatoms. The number of esters is 1. The van der Waals surface area contributed by atoms with Gasteiger partial charge < -0.3 is 10.5 Å². The summed E-state index contributed by atoms with van der Waals surface area (Å²) in [6.45, 7) is 0.500. The number of nitrogens with two attached hydrogens (primary N) is 1. The van der Waals surface area contributed by atoms with E-state index < -0.39 is 0 Å². The molecule has 0 aliphatic carbocycles. The van der Waals surface area contributed by atoms with E-state index in [9.17, 15) is 4.79 Å². The summed E-state index contributed by atoms with van der Waals surface area (Å²) in [6.07, 6.45) is 2.15. The van der Waals surface area contributed by atoms with Crippen LogP contribution in [0, 0.1) is 0 Å². The molecule has 0 saturated heterocycles. The van der Waals surface area contributed by atoms with Crippen LogP contribution in [0.4, 0.5) is 0 Å². The van der Waals surface area contributed by atoms with Gasteiger partial charge in [-0.3, -0.25) is 4.79 Å². The topological polar surface area (TPSA) is 65.2 Å². The molecule has 0 aromatic carbocycles. The van der Waals surface area contributed by atoms with Crippen molar-refractivity contribution in [2.75, 3.05) is 12.9 Å². The molecule has 0 fully saturated rings. The second kappa shape index (κ2) is 6.42. The van der Waals surface area contributed by atoms with E-state index in [2.05, 4.69) is 9.72 Å². The minimum atomic E-state index is -0.193. The maximum absolute atomic E-state index is 10.8. The molecule has 1 aromatic heterocycles. The van der Waals surface area contributed by atoms with Gasteiger partial charge in [-0.15, -0.1) is 11.8 Å². The average molecular weight is 226 g/mol. The highest BCUT2D eigenvalue weighted by atomic mass is 32.2. The van der Waals surface area contributed by atoms with Gasteiger partial charge in [0.05, 0.1) is 18.6 Å². The van der Waals surface area contributed by atoms with Gasteiger partial charge >= 0.3 is 5.97 Å². The SMILES string of the molecule is COC(=O)CCSc1ccc(CN)cn1. The van der Waals surface area contributed by atoms with Crippen molar-refractivity contribution in [2.24, 2.45) is 5.73 Å². The number of methoxy groups -OCH3 is 1. The molecule has 4 nitrogen and oxygen atoms in total. The lowest BCUT2D eigenvalue weighted by Gasteiger charge is -2.01. The van der Waals surface area contributed by atoms with Crippen molar-refractivity contribution < 1.29 is 9.53 Å². The van der Waals surface area contributed by atoms with E-state index in [-0.39, 0.29) is 5.97 Å². The van der Waals surface area contributed by atoms with Gasteiger partial charge in [-0.25, -0.2) is 4.98 Å². The van der Waals surface area contributed by atoms with Crippen LogP contribution in [-0.2, 0) is 16.1 Å². The first-order valence-electron chi connectivity index (χ1n) is 4.61. The van der Waals surface area contributed by atoms with Gasteiger partial charge in [-0.2, -0.15) is 0 Å². The molecule has 0 unspecified atom stereocenters. The quantitative estimate of drug-likeness (QED) is 0.603. The van der Waals surface area contributed by atoms with Crippen LogP contribution in [0.15, 0.2) is 23.4 Å². The summed E-state index contributed by atoms with van der Waals surface area (Å²) in [5.41, 5.74) is 6.46. The lowest BCUT2D eigenvalue weighted by atomic mass is 10.3. The maximum Gasteiger partial charge on any atom is 0.306 e. The molecule has 15 heavy (non-hydrogen) atoms. The molecule has 2 N–H and O–H groups in total. The zero-order chi connectivity index (χ0) is 11.1. The number of hydrogen-bond donors (Lipinski definition) is 1. The molecule has 82 valence electrons. The van der Waals surface area contributed by atoms with Gasteiger partial charge in [0.25, 0.3) is 0 Å². The molecular weight excluding hydrogens is 212 g/mol. The molecule has 0 amide bonds. The number of carbonyl (C=O) groups is 1. The molecular formula is C10H14N2O2S. The Labute approximate surface area is 93.2 Å². The fraction of sp³-hybridized carbons (Fsp3) is 0.400. The number of pyridine rings is 1. The highest BCUT2D eigenvalue weighted by Gasteiger charge is 2.01. The van der Waals surface area contributed by atoms with Gasteiger partial charge in [0, 0.05) is 18.5 Å². The Morgan fingerprint density at radius 1 is 1.60 bits per heavy atom. The van der Waals surface area contributed by atoms with Crippen LogP contribution in [0.1, 0.15) is 12.0 Å². The lowest BCUT2D eigenvalue weighted by Crippen LogP contribution is -2.01. The monoisotopic (exact) mass is 226 g/mol. The van der Waals surface area contributed by atoms with Crippen molar-refractivity contribution >= 4 is 17.7 Å². The summed E-state index contributed by atoms with van der Waals surface area (Å²) in [5.74, 6) is 0.489. The molecule has 1 heterocycles. The van der Waals surface area contributed by atoms with E-state index in [1.165, 1.54) is 18.9 Å². The predicted molar refractivity (Wildman–Crippen MR) is 59.5 cm³/mol. The van der Waals surface area contributed by atoms with Gasteiger partial charge in [0.1, 0.15) is 0 Å². The number of nitrogens with zero attached hydrogens (tertiary/aromatic N) is 1. The van der Waals surface area contributed by atoms with Gasteiger partial charge in [-0.05, 0) is 11.6 Å². The number of hydrogen-bond acceptors (Lipinski definition) is 5. The Balaban J connectivity index is 2.34. The van der Waals surface area contributed by atoms with E-state index in [1.807, 2.05) is 12.1 Å². The average Bonchev–Trinajstić information content (AvgIpc) is 2.29. The van der Waals surface area contributed by atoms with Gasteiger partial charge in [0.15, 0.2) is 0 Å². The van der Waals surface area contributed by atoms with Crippen molar-refractivity contribution in [1.82, 2.24) is 4.98 Å². The second-order valence-corrected chi connectivity index (χ2v) is 4.00. The Kier molecular flexibility index (Phi) is 5.14. The number of rotatable bonds is 5. The van der Waals surface area contributed by atoms with E-state index in [1.54, 1.807) is 6.20 Å². The summed E-state index contributed by atoms with van der Waals surface area (Å²) in [6, 6.07) is 3.84. The minimum Gasteiger partial charge on any atom is -0.469 e. The smallest absolute Gasteiger partial charge is 0.306 e. The third-order valence-electron chi connectivity index (χ3n) is 1.82. The molecule has 0 spiro atoms. The summed E-state index contributed by atoms with van der Waals surface area (Å²) in [5, 5.41) is 0.899. The fourth-order valence-electron chi connectivity index (χ4n) is 0.958. The summed E-state index contributed by atoms with van der Waals surface area (Å²) in [4.78, 5) is 15.0. The molecule has 0 bridgehead atoms. The largest absolute Gasteiger partial charge is 0.469 e. The van der Waals surface area contributed by atoms with E-state index in [0.29, 0.717) is 18.7 Å². The molecule has 0 saturated carbocycles. The number of carbonyl (C=O) groups excluding carboxylic acids is 1. The van der Waals surface area contributed by atoms with Crippen LogP contribution >= 0.6 is 11.8 Å². The second-order valence-electron chi connectivity index (χ2n) is 2.88. The third kappa shape index (κ3) is 4.31. The van der Waals surface area contributed by atoms with Crippen molar-refractivity contribution in [3.63, 3.8) is 0 Å². The molecule has 0 radical (unpaired) electrons. The Morgan fingerprint density at radius 2 is 2.40 bits per heavy atom. The Bertz CT molecular complexity index is 314. The highest BCUT2D eigenvalue weighted by molar-refractivity contribution is 7.99. The van der Waals surface area contributed by atoms with Crippen molar-refractivity contribution in [3.8, 4) is 0 Å². The van der Waals surface area contributed by atoms with Crippen LogP contribution in [0.3, 0.4) is 0 Å². The van der Waals surface area contributed by atoms with Crippen LogP contribution in [-0.4, -0.2) is 23.8 Å². The van der Waals surface area contributed by atoms with E-state index in [0.717, 1.165) is 10.6 Å². The first kappa shape index (κ1) is 12.0. The van der Waals surface area contributed by atoms with Crippen LogP contribution in [0.2, 0.25) is 0 Å². The summed E-state index contributed by atoms with van der Waals surface area (Å²) >= 11 is 1.53. The molecule has 0 aliphatic heterocycles. The normalized spacial score (nSPS) is 10.0. The van der Waals surface area contributed by atoms with Crippen molar-refractivity contribution in [1.29, 1.82) is 0 Å². The first-order chi connectivity index (χ1) is 7.26. The van der Waals surface area contributed by atoms with E-state index >= 15 is 0 Å². The van der Waals surface area contributed by atoms with Crippen molar-refractivity contribution in [2.45, 2.75) is 18.0 Å². The first-order valence-corrected chi connectivity index (χ1v) is 5.59. The Hall–Kier alpha value is -1.07. The lowest BCUT2D eigenvalue weighted by molar-refractivity contribution is -0.140. The minimum absolute atomic E-state index is 0.193. The Morgan fingerprint density at radius 3 is 2.93 bits per heavy atom. The molecule has 0 aliphatic rings. The molecule has 1 rings (SSSR count). The standard InChI is InChI=1S/C10H14N2O2S/c1-14-10(13)4-5-15-9-3-2-8(6-11)7-12-9/h2-3,7H,4-6,11H2,1H3. The number of ether oxygens (including phenoxy) is 1. The van der Waals surface area contributed by atoms with Gasteiger partial charge in [0.2, 0.25) is 0 Å². The van der Waals surface area contributed by atoms with Crippen LogP contribution < -0.4 is 5.73 Å². The number of aromatic nitrogens is 1. The van der Waals surface area contributed by atoms with Crippen LogP contribution in [0.25, 0.3) is 0 Å². The zero-order valence-electron chi connectivity index (χ0n) is 8.60. The molecule has 1 aromatic rings. The maximum atomic E-state index is 10.8. The number of thioether (sulfide) groups is 1. The van der Waals surface area contributed by atoms with E-state index in [4.69, 9.17) is 5.73 Å². The fourth-order valence-corrected chi connectivity index (χ4v) is 1.73. The van der Waals surface area contributed by atoms with Crippen LogP contribution in [0.5, 0.6) is 0 Å². The summed E-state index contributed by atoms with van der Waals surface area (Å²) in [7, 11) is 1.39. The summed E-state index contributed by atoms with van der Waals surface area (Å²) < 4.78 is 4.54.